The topological polar surface area (TPSA) is 62.2 Å². The first-order valence-electron chi connectivity index (χ1n) is 6.34. The summed E-state index contributed by atoms with van der Waals surface area (Å²) < 4.78 is 37.0. The van der Waals surface area contributed by atoms with E-state index in [1.165, 1.54) is 0 Å². The molecule has 2 N–H and O–H groups in total. The number of rotatable bonds is 3. The summed E-state index contributed by atoms with van der Waals surface area (Å²) in [5.74, 6) is -0.420. The molecule has 4 nitrogen and oxygen atoms in total. The van der Waals surface area contributed by atoms with E-state index in [0.29, 0.717) is 12.8 Å². The van der Waals surface area contributed by atoms with Gasteiger partial charge in [0, 0.05) is 0 Å². The molecule has 7 heteroatoms. The Morgan fingerprint density at radius 2 is 2.00 bits per heavy atom. The molecule has 110 valence electrons. The predicted molar refractivity (Wildman–Crippen MR) is 65.9 cm³/mol. The summed E-state index contributed by atoms with van der Waals surface area (Å²) in [5.41, 5.74) is -1.81. The number of alkyl halides is 3. The van der Waals surface area contributed by atoms with Crippen LogP contribution in [-0.2, 0) is 11.0 Å². The third kappa shape index (κ3) is 3.69. The molecule has 1 aliphatic rings. The van der Waals surface area contributed by atoms with Crippen LogP contribution in [0, 0.1) is 0 Å². The van der Waals surface area contributed by atoms with Crippen molar-refractivity contribution in [2.75, 3.05) is 5.32 Å². The highest BCUT2D eigenvalue weighted by atomic mass is 19.4. The number of aromatic nitrogens is 1. The Labute approximate surface area is 114 Å². The van der Waals surface area contributed by atoms with Crippen molar-refractivity contribution in [3.8, 4) is 0 Å². The van der Waals surface area contributed by atoms with Gasteiger partial charge in [-0.3, -0.25) is 4.79 Å². The van der Waals surface area contributed by atoms with Gasteiger partial charge in [0.1, 0.15) is 5.69 Å². The summed E-state index contributed by atoms with van der Waals surface area (Å²) in [6, 6.07) is 1.95. The van der Waals surface area contributed by atoms with Gasteiger partial charge in [-0.2, -0.15) is 13.2 Å². The Bertz CT molecular complexity index is 479. The number of hydrogen-bond donors (Lipinski definition) is 2. The van der Waals surface area contributed by atoms with Crippen LogP contribution in [0.1, 0.15) is 37.8 Å². The van der Waals surface area contributed by atoms with E-state index in [0.717, 1.165) is 31.2 Å². The number of nitrogens with zero attached hydrogens (tertiary/aromatic N) is 1. The molecule has 0 aliphatic heterocycles. The van der Waals surface area contributed by atoms with Crippen LogP contribution in [0.25, 0.3) is 0 Å². The third-order valence-corrected chi connectivity index (χ3v) is 3.36. The smallest absolute Gasteiger partial charge is 0.389 e. The van der Waals surface area contributed by atoms with Crippen molar-refractivity contribution < 1.29 is 23.1 Å². The average Bonchev–Trinajstić information content (AvgIpc) is 2.74. The Hall–Kier alpha value is -1.63. The van der Waals surface area contributed by atoms with Crippen molar-refractivity contribution in [2.45, 2.75) is 43.9 Å². The van der Waals surface area contributed by atoms with Gasteiger partial charge in [0.2, 0.25) is 5.91 Å². The number of amides is 1. The Balaban J connectivity index is 1.94. The average molecular weight is 288 g/mol. The molecule has 1 saturated carbocycles. The van der Waals surface area contributed by atoms with Gasteiger partial charge < -0.3 is 10.4 Å². The molecule has 0 bridgehead atoms. The highest BCUT2D eigenvalue weighted by molar-refractivity contribution is 5.91. The van der Waals surface area contributed by atoms with Gasteiger partial charge in [0.15, 0.2) is 0 Å². The van der Waals surface area contributed by atoms with Crippen LogP contribution in [-0.4, -0.2) is 21.6 Å². The summed E-state index contributed by atoms with van der Waals surface area (Å²) in [7, 11) is 0. The van der Waals surface area contributed by atoms with E-state index in [-0.39, 0.29) is 12.1 Å². The first-order valence-corrected chi connectivity index (χ1v) is 6.34. The van der Waals surface area contributed by atoms with Gasteiger partial charge in [0.25, 0.3) is 0 Å². The summed E-state index contributed by atoms with van der Waals surface area (Å²) in [6.45, 7) is 0. The summed E-state index contributed by atoms with van der Waals surface area (Å²) >= 11 is 0. The van der Waals surface area contributed by atoms with Crippen molar-refractivity contribution in [3.05, 3.63) is 24.0 Å². The molecule has 0 aromatic carbocycles. The maximum Gasteiger partial charge on any atom is 0.433 e. The van der Waals surface area contributed by atoms with Crippen LogP contribution in [0.15, 0.2) is 18.3 Å². The van der Waals surface area contributed by atoms with Crippen molar-refractivity contribution in [1.82, 2.24) is 4.98 Å². The second kappa shape index (κ2) is 5.40. The molecule has 0 atom stereocenters. The summed E-state index contributed by atoms with van der Waals surface area (Å²) in [6.07, 6.45) is -0.677. The zero-order chi connectivity index (χ0) is 14.8. The highest BCUT2D eigenvalue weighted by Gasteiger charge is 2.34. The van der Waals surface area contributed by atoms with Crippen LogP contribution in [0.5, 0.6) is 0 Å². The second-order valence-electron chi connectivity index (χ2n) is 5.09. The number of anilines is 1. The number of carbonyl (C=O) groups is 1. The van der Waals surface area contributed by atoms with Gasteiger partial charge in [-0.1, -0.05) is 12.8 Å². The number of pyridine rings is 1. The third-order valence-electron chi connectivity index (χ3n) is 3.36. The molecule has 20 heavy (non-hydrogen) atoms. The van der Waals surface area contributed by atoms with E-state index < -0.39 is 23.4 Å². The molecule has 1 amide bonds. The minimum atomic E-state index is -4.50. The fourth-order valence-electron chi connectivity index (χ4n) is 2.35. The number of hydrogen-bond acceptors (Lipinski definition) is 3. The van der Waals surface area contributed by atoms with Crippen LogP contribution in [0.4, 0.5) is 18.9 Å². The lowest BCUT2D eigenvalue weighted by Crippen LogP contribution is -2.30. The molecule has 1 aromatic heterocycles. The number of aliphatic hydroxyl groups is 1. The standard InChI is InChI=1S/C13H15F3N2O2/c14-13(15,16)10-4-3-9(8-17-10)18-11(19)7-12(20)5-1-2-6-12/h3-4,8,20H,1-2,5-7H2,(H,18,19). The second-order valence-corrected chi connectivity index (χ2v) is 5.09. The normalized spacial score (nSPS) is 18.0. The number of carbonyl (C=O) groups excluding carboxylic acids is 1. The predicted octanol–water partition coefficient (Wildman–Crippen LogP) is 2.73. The zero-order valence-electron chi connectivity index (χ0n) is 10.7. The van der Waals surface area contributed by atoms with Gasteiger partial charge in [0.05, 0.1) is 23.9 Å². The molecule has 1 aliphatic carbocycles. The van der Waals surface area contributed by atoms with Crippen LogP contribution < -0.4 is 5.32 Å². The van der Waals surface area contributed by atoms with Crippen molar-refractivity contribution in [2.24, 2.45) is 0 Å². The lowest BCUT2D eigenvalue weighted by atomic mass is 9.98. The number of halogens is 3. The zero-order valence-corrected chi connectivity index (χ0v) is 10.7. The van der Waals surface area contributed by atoms with E-state index in [9.17, 15) is 23.1 Å². The van der Waals surface area contributed by atoms with Gasteiger partial charge in [-0.25, -0.2) is 4.98 Å². The molecule has 1 aromatic rings. The lowest BCUT2D eigenvalue weighted by molar-refractivity contribution is -0.141. The molecule has 1 heterocycles. The minimum absolute atomic E-state index is 0.0476. The monoisotopic (exact) mass is 288 g/mol. The van der Waals surface area contributed by atoms with E-state index >= 15 is 0 Å². The van der Waals surface area contributed by atoms with Crippen molar-refractivity contribution >= 4 is 11.6 Å². The lowest BCUT2D eigenvalue weighted by Gasteiger charge is -2.21. The van der Waals surface area contributed by atoms with Crippen LogP contribution >= 0.6 is 0 Å². The fourth-order valence-corrected chi connectivity index (χ4v) is 2.35. The largest absolute Gasteiger partial charge is 0.433 e. The van der Waals surface area contributed by atoms with Gasteiger partial charge in [-0.15, -0.1) is 0 Å². The van der Waals surface area contributed by atoms with Crippen LogP contribution in [0.3, 0.4) is 0 Å². The maximum atomic E-state index is 12.3. The molecule has 0 unspecified atom stereocenters. The van der Waals surface area contributed by atoms with E-state index in [1.807, 2.05) is 0 Å². The molecule has 0 saturated heterocycles. The summed E-state index contributed by atoms with van der Waals surface area (Å²) in [4.78, 5) is 15.0. The van der Waals surface area contributed by atoms with E-state index in [4.69, 9.17) is 0 Å². The minimum Gasteiger partial charge on any atom is -0.389 e. The highest BCUT2D eigenvalue weighted by Crippen LogP contribution is 2.32. The Kier molecular flexibility index (Phi) is 3.99. The van der Waals surface area contributed by atoms with Crippen molar-refractivity contribution in [1.29, 1.82) is 0 Å². The summed E-state index contributed by atoms with van der Waals surface area (Å²) in [5, 5.41) is 12.5. The molecular formula is C13H15F3N2O2. The molecule has 2 rings (SSSR count). The quantitative estimate of drug-likeness (QED) is 0.899. The van der Waals surface area contributed by atoms with Gasteiger partial charge >= 0.3 is 6.18 Å². The number of nitrogens with one attached hydrogen (secondary N) is 1. The fraction of sp³-hybridized carbons (Fsp3) is 0.538. The van der Waals surface area contributed by atoms with E-state index in [2.05, 4.69) is 10.3 Å². The maximum absolute atomic E-state index is 12.3. The molecule has 0 spiro atoms. The SMILES string of the molecule is O=C(CC1(O)CCCC1)Nc1ccc(C(F)(F)F)nc1. The Morgan fingerprint density at radius 3 is 2.50 bits per heavy atom. The first-order chi connectivity index (χ1) is 9.28. The van der Waals surface area contributed by atoms with Crippen molar-refractivity contribution in [3.63, 3.8) is 0 Å². The van der Waals surface area contributed by atoms with Gasteiger partial charge in [-0.05, 0) is 25.0 Å². The van der Waals surface area contributed by atoms with E-state index in [1.54, 1.807) is 0 Å². The van der Waals surface area contributed by atoms with Crippen LogP contribution in [0.2, 0.25) is 0 Å². The Morgan fingerprint density at radius 1 is 1.35 bits per heavy atom. The molecule has 0 radical (unpaired) electrons. The first kappa shape index (κ1) is 14.8. The molecular weight excluding hydrogens is 273 g/mol. The molecule has 1 fully saturated rings.